The van der Waals surface area contributed by atoms with Gasteiger partial charge in [-0.25, -0.2) is 9.97 Å². The lowest BCUT2D eigenvalue weighted by Gasteiger charge is -2.16. The molecule has 3 aromatic heterocycles. The Kier molecular flexibility index (Phi) is 4.82. The van der Waals surface area contributed by atoms with E-state index in [0.29, 0.717) is 12.1 Å². The molecule has 0 unspecified atom stereocenters. The van der Waals surface area contributed by atoms with Gasteiger partial charge in [0.15, 0.2) is 0 Å². The molecule has 7 heteroatoms. The predicted octanol–water partition coefficient (Wildman–Crippen LogP) is 2.78. The average Bonchev–Trinajstić information content (AvgIpc) is 3.10. The van der Waals surface area contributed by atoms with Crippen LogP contribution >= 0.6 is 0 Å². The summed E-state index contributed by atoms with van der Waals surface area (Å²) in [5, 5.41) is 6.95. The van der Waals surface area contributed by atoms with Gasteiger partial charge in [-0.05, 0) is 44.4 Å². The van der Waals surface area contributed by atoms with Crippen LogP contribution in [0.5, 0.6) is 0 Å². The summed E-state index contributed by atoms with van der Waals surface area (Å²) >= 11 is 0. The van der Waals surface area contributed by atoms with Crippen molar-refractivity contribution in [3.8, 4) is 5.69 Å². The highest BCUT2D eigenvalue weighted by Gasteiger charge is 2.25. The molecule has 138 valence electrons. The van der Waals surface area contributed by atoms with Crippen LogP contribution in [0, 0.1) is 6.92 Å². The average molecular weight is 362 g/mol. The van der Waals surface area contributed by atoms with E-state index in [2.05, 4.69) is 25.6 Å². The third-order valence-electron chi connectivity index (χ3n) is 4.74. The van der Waals surface area contributed by atoms with E-state index in [1.54, 1.807) is 35.4 Å². The van der Waals surface area contributed by atoms with E-state index < -0.39 is 0 Å². The van der Waals surface area contributed by atoms with E-state index in [-0.39, 0.29) is 5.56 Å². The molecule has 0 aliphatic heterocycles. The molecule has 3 heterocycles. The third kappa shape index (κ3) is 4.13. The Balaban J connectivity index is 1.36. The van der Waals surface area contributed by atoms with Crippen LogP contribution in [0.15, 0.2) is 59.9 Å². The van der Waals surface area contributed by atoms with Gasteiger partial charge in [-0.1, -0.05) is 6.07 Å². The van der Waals surface area contributed by atoms with Gasteiger partial charge in [0.05, 0.1) is 23.8 Å². The lowest BCUT2D eigenvalue weighted by atomic mass is 10.2. The van der Waals surface area contributed by atoms with Crippen LogP contribution in [0.1, 0.15) is 25.0 Å². The number of pyridine rings is 2. The lowest BCUT2D eigenvalue weighted by molar-refractivity contribution is 0.719. The Hall–Kier alpha value is -3.22. The van der Waals surface area contributed by atoms with E-state index in [1.165, 1.54) is 6.07 Å². The van der Waals surface area contributed by atoms with E-state index in [9.17, 15) is 4.79 Å². The van der Waals surface area contributed by atoms with Crippen molar-refractivity contribution in [2.24, 2.45) is 0 Å². The number of rotatable bonds is 5. The first-order valence-electron chi connectivity index (χ1n) is 9.13. The number of hydrogen-bond donors (Lipinski definition) is 2. The van der Waals surface area contributed by atoms with Crippen LogP contribution in [0.4, 0.5) is 11.6 Å². The molecular formula is C20H22N6O. The quantitative estimate of drug-likeness (QED) is 0.726. The molecule has 2 atom stereocenters. The monoisotopic (exact) mass is 362 g/mol. The molecule has 0 spiro atoms. The fourth-order valence-electron chi connectivity index (χ4n) is 3.45. The highest BCUT2D eigenvalue weighted by Crippen LogP contribution is 2.25. The Labute approximate surface area is 157 Å². The highest BCUT2D eigenvalue weighted by atomic mass is 16.1. The molecular weight excluding hydrogens is 340 g/mol. The maximum absolute atomic E-state index is 11.9. The molecule has 4 rings (SSSR count). The summed E-state index contributed by atoms with van der Waals surface area (Å²) in [6.45, 7) is 1.94. The van der Waals surface area contributed by atoms with Gasteiger partial charge in [-0.15, -0.1) is 0 Å². The van der Waals surface area contributed by atoms with Crippen LogP contribution in [-0.4, -0.2) is 31.6 Å². The number of nitrogens with zero attached hydrogens (tertiary/aromatic N) is 4. The summed E-state index contributed by atoms with van der Waals surface area (Å²) in [5.41, 5.74) is 1.61. The Morgan fingerprint density at radius 1 is 1.00 bits per heavy atom. The van der Waals surface area contributed by atoms with Crippen molar-refractivity contribution in [3.05, 3.63) is 71.2 Å². The van der Waals surface area contributed by atoms with Crippen molar-refractivity contribution in [1.29, 1.82) is 0 Å². The van der Waals surface area contributed by atoms with Crippen LogP contribution in [0.25, 0.3) is 5.69 Å². The van der Waals surface area contributed by atoms with E-state index in [0.717, 1.165) is 42.3 Å². The van der Waals surface area contributed by atoms with Crippen LogP contribution < -0.4 is 16.2 Å². The number of anilines is 2. The molecule has 3 aromatic rings. The lowest BCUT2D eigenvalue weighted by Crippen LogP contribution is -2.22. The van der Waals surface area contributed by atoms with Gasteiger partial charge in [0.2, 0.25) is 0 Å². The fraction of sp³-hybridized carbons (Fsp3) is 0.300. The first-order chi connectivity index (χ1) is 13.2. The topological polar surface area (TPSA) is 84.7 Å². The molecule has 1 aliphatic rings. The minimum Gasteiger partial charge on any atom is -0.367 e. The molecule has 0 aromatic carbocycles. The normalized spacial score (nSPS) is 19.0. The van der Waals surface area contributed by atoms with Gasteiger partial charge >= 0.3 is 0 Å². The summed E-state index contributed by atoms with van der Waals surface area (Å²) in [4.78, 5) is 25.0. The molecule has 7 nitrogen and oxygen atoms in total. The molecule has 0 saturated heterocycles. The maximum atomic E-state index is 11.9. The summed E-state index contributed by atoms with van der Waals surface area (Å²) in [6.07, 6.45) is 10.1. The van der Waals surface area contributed by atoms with Crippen LogP contribution in [-0.2, 0) is 0 Å². The summed E-state index contributed by atoms with van der Waals surface area (Å²) < 4.78 is 1.58. The number of hydrogen-bond acceptors (Lipinski definition) is 6. The Morgan fingerprint density at radius 2 is 1.81 bits per heavy atom. The van der Waals surface area contributed by atoms with Gasteiger partial charge < -0.3 is 10.6 Å². The van der Waals surface area contributed by atoms with Gasteiger partial charge in [0, 0.05) is 30.5 Å². The Bertz CT molecular complexity index is 968. The zero-order valence-electron chi connectivity index (χ0n) is 15.2. The van der Waals surface area contributed by atoms with Gasteiger partial charge in [0.25, 0.3) is 5.56 Å². The van der Waals surface area contributed by atoms with E-state index in [1.807, 2.05) is 25.1 Å². The first kappa shape index (κ1) is 17.2. The minimum absolute atomic E-state index is 0.0658. The van der Waals surface area contributed by atoms with Crippen molar-refractivity contribution in [1.82, 2.24) is 19.5 Å². The van der Waals surface area contributed by atoms with Crippen molar-refractivity contribution < 1.29 is 0 Å². The predicted molar refractivity (Wildman–Crippen MR) is 105 cm³/mol. The summed E-state index contributed by atoms with van der Waals surface area (Å²) in [6, 6.07) is 9.66. The molecule has 0 radical (unpaired) electrons. The number of aryl methyl sites for hydroxylation is 1. The second-order valence-electron chi connectivity index (χ2n) is 6.85. The Morgan fingerprint density at radius 3 is 2.52 bits per heavy atom. The minimum atomic E-state index is -0.0658. The van der Waals surface area contributed by atoms with Crippen LogP contribution in [0.3, 0.4) is 0 Å². The van der Waals surface area contributed by atoms with Crippen LogP contribution in [0.2, 0.25) is 0 Å². The summed E-state index contributed by atoms with van der Waals surface area (Å²) in [5.74, 6) is 1.65. The van der Waals surface area contributed by atoms with Crippen molar-refractivity contribution >= 4 is 11.6 Å². The SMILES string of the molecule is Cc1cncc(N[C@H]2CC[C@H](Nc3ccc(-n4ccccc4=O)cn3)C2)n1. The molecule has 2 N–H and O–H groups in total. The van der Waals surface area contributed by atoms with E-state index in [4.69, 9.17) is 0 Å². The van der Waals surface area contributed by atoms with Crippen molar-refractivity contribution in [3.63, 3.8) is 0 Å². The maximum Gasteiger partial charge on any atom is 0.255 e. The largest absolute Gasteiger partial charge is 0.367 e. The smallest absolute Gasteiger partial charge is 0.255 e. The fourth-order valence-corrected chi connectivity index (χ4v) is 3.45. The zero-order chi connectivity index (χ0) is 18.6. The van der Waals surface area contributed by atoms with Crippen molar-refractivity contribution in [2.45, 2.75) is 38.3 Å². The third-order valence-corrected chi connectivity index (χ3v) is 4.74. The zero-order valence-corrected chi connectivity index (χ0v) is 15.2. The molecule has 1 aliphatic carbocycles. The second-order valence-corrected chi connectivity index (χ2v) is 6.85. The van der Waals surface area contributed by atoms with Gasteiger partial charge in [-0.2, -0.15) is 0 Å². The van der Waals surface area contributed by atoms with Gasteiger partial charge in [-0.3, -0.25) is 14.3 Å². The summed E-state index contributed by atoms with van der Waals surface area (Å²) in [7, 11) is 0. The highest BCUT2D eigenvalue weighted by molar-refractivity contribution is 5.42. The molecule has 0 amide bonds. The molecule has 1 fully saturated rings. The molecule has 1 saturated carbocycles. The number of aromatic nitrogens is 4. The standard InChI is InChI=1S/C20H22N6O/c1-14-11-21-13-19(23-14)25-16-6-5-15(10-16)24-18-8-7-17(12-22-18)26-9-3-2-4-20(26)27/h2-4,7-9,11-13,15-16H,5-6,10H2,1H3,(H,22,24)(H,23,25)/t15-,16-/m0/s1. The second kappa shape index (κ2) is 7.57. The van der Waals surface area contributed by atoms with E-state index >= 15 is 0 Å². The first-order valence-corrected chi connectivity index (χ1v) is 9.13. The molecule has 0 bridgehead atoms. The van der Waals surface area contributed by atoms with Gasteiger partial charge in [0.1, 0.15) is 11.6 Å². The van der Waals surface area contributed by atoms with Crippen molar-refractivity contribution in [2.75, 3.05) is 10.6 Å². The molecule has 27 heavy (non-hydrogen) atoms. The number of nitrogens with one attached hydrogen (secondary N) is 2.